The second-order valence-electron chi connectivity index (χ2n) is 8.00. The van der Waals surface area contributed by atoms with Gasteiger partial charge in [-0.1, -0.05) is 61.1 Å². The molecule has 164 valence electrons. The van der Waals surface area contributed by atoms with Crippen LogP contribution in [0.4, 0.5) is 5.13 Å². The van der Waals surface area contributed by atoms with E-state index in [-0.39, 0.29) is 0 Å². The number of aromatic carboxylic acids is 1. The van der Waals surface area contributed by atoms with Crippen LogP contribution in [0, 0.1) is 0 Å². The Balaban J connectivity index is 1.46. The number of nitrogens with zero attached hydrogens (tertiary/aromatic N) is 2. The fraction of sp³-hybridized carbons (Fsp3) is 0.296. The van der Waals surface area contributed by atoms with Crippen LogP contribution in [0.1, 0.15) is 59.1 Å². The number of allylic oxidation sites excluding steroid dienone is 2. The minimum absolute atomic E-state index is 0.418. The molecule has 0 unspecified atom stereocenters. The lowest BCUT2D eigenvalue weighted by Crippen LogP contribution is -2.25. The highest BCUT2D eigenvalue weighted by molar-refractivity contribution is 7.16. The van der Waals surface area contributed by atoms with Crippen LogP contribution in [-0.4, -0.2) is 29.1 Å². The van der Waals surface area contributed by atoms with E-state index in [1.54, 1.807) is 17.4 Å². The fourth-order valence-corrected chi connectivity index (χ4v) is 5.07. The monoisotopic (exact) mass is 444 g/mol. The van der Waals surface area contributed by atoms with Crippen molar-refractivity contribution in [1.29, 1.82) is 0 Å². The Morgan fingerprint density at radius 2 is 1.97 bits per heavy atom. The van der Waals surface area contributed by atoms with Crippen LogP contribution in [-0.2, 0) is 6.42 Å². The summed E-state index contributed by atoms with van der Waals surface area (Å²) in [6.07, 6.45) is 12.9. The molecular weight excluding hydrogens is 416 g/mol. The molecule has 1 aliphatic carbocycles. The number of thiazole rings is 1. The zero-order chi connectivity index (χ0) is 22.3. The Kier molecular flexibility index (Phi) is 7.21. The number of carboxylic acid groups (broad SMARTS) is 1. The summed E-state index contributed by atoms with van der Waals surface area (Å²) >= 11 is 1.72. The zero-order valence-corrected chi connectivity index (χ0v) is 19.2. The van der Waals surface area contributed by atoms with Crippen molar-refractivity contribution in [2.45, 2.75) is 39.0 Å². The number of aromatic nitrogens is 1. The van der Waals surface area contributed by atoms with Gasteiger partial charge in [0.1, 0.15) is 0 Å². The SMILES string of the molecule is CCCCN(CCCCc1c(C(=O)O)ccc2ccccc12)c1nc2c(s1)C=C=CC=C2. The summed E-state index contributed by atoms with van der Waals surface area (Å²) in [5.74, 6) is -0.852. The number of carboxylic acids is 1. The number of unbranched alkanes of at least 4 members (excludes halogenated alkanes) is 2. The van der Waals surface area contributed by atoms with Crippen molar-refractivity contribution in [3.8, 4) is 0 Å². The minimum Gasteiger partial charge on any atom is -0.478 e. The van der Waals surface area contributed by atoms with Crippen LogP contribution < -0.4 is 4.90 Å². The molecule has 0 atom stereocenters. The van der Waals surface area contributed by atoms with Gasteiger partial charge in [0.15, 0.2) is 5.13 Å². The number of anilines is 1. The molecule has 0 amide bonds. The summed E-state index contributed by atoms with van der Waals surface area (Å²) in [5, 5.41) is 12.9. The van der Waals surface area contributed by atoms with E-state index >= 15 is 0 Å². The molecule has 4 rings (SSSR count). The highest BCUT2D eigenvalue weighted by Gasteiger charge is 2.16. The Hall–Kier alpha value is -3.14. The highest BCUT2D eigenvalue weighted by Crippen LogP contribution is 2.30. The summed E-state index contributed by atoms with van der Waals surface area (Å²) in [6, 6.07) is 11.7. The van der Waals surface area contributed by atoms with Crippen LogP contribution in [0.3, 0.4) is 0 Å². The Labute approximate surface area is 193 Å². The molecule has 32 heavy (non-hydrogen) atoms. The first-order chi connectivity index (χ1) is 15.7. The van der Waals surface area contributed by atoms with Gasteiger partial charge in [0.05, 0.1) is 16.1 Å². The summed E-state index contributed by atoms with van der Waals surface area (Å²) < 4.78 is 0. The van der Waals surface area contributed by atoms with Crippen molar-refractivity contribution < 1.29 is 9.90 Å². The van der Waals surface area contributed by atoms with E-state index in [2.05, 4.69) is 17.6 Å². The van der Waals surface area contributed by atoms with Crippen LogP contribution >= 0.6 is 11.3 Å². The molecule has 0 fully saturated rings. The second kappa shape index (κ2) is 10.4. The van der Waals surface area contributed by atoms with Gasteiger partial charge in [0.2, 0.25) is 0 Å². The van der Waals surface area contributed by atoms with Gasteiger partial charge in [0, 0.05) is 13.1 Å². The smallest absolute Gasteiger partial charge is 0.335 e. The maximum atomic E-state index is 11.8. The zero-order valence-electron chi connectivity index (χ0n) is 18.4. The van der Waals surface area contributed by atoms with Crippen molar-refractivity contribution in [2.75, 3.05) is 18.0 Å². The third kappa shape index (κ3) is 5.01. The first-order valence-electron chi connectivity index (χ1n) is 11.3. The largest absolute Gasteiger partial charge is 0.478 e. The van der Waals surface area contributed by atoms with Gasteiger partial charge in [-0.3, -0.25) is 0 Å². The van der Waals surface area contributed by atoms with Gasteiger partial charge in [-0.2, -0.15) is 0 Å². The molecule has 0 saturated heterocycles. The number of benzene rings is 2. The maximum absolute atomic E-state index is 11.8. The Morgan fingerprint density at radius 1 is 1.12 bits per heavy atom. The lowest BCUT2D eigenvalue weighted by Gasteiger charge is -2.21. The highest BCUT2D eigenvalue weighted by atomic mass is 32.1. The minimum atomic E-state index is -0.852. The number of fused-ring (bicyclic) bond motifs is 2. The molecule has 1 N–H and O–H groups in total. The molecule has 5 heteroatoms. The van der Waals surface area contributed by atoms with Crippen LogP contribution in [0.15, 0.2) is 54.3 Å². The quantitative estimate of drug-likeness (QED) is 0.275. The fourth-order valence-electron chi connectivity index (χ4n) is 4.07. The summed E-state index contributed by atoms with van der Waals surface area (Å²) in [7, 11) is 0. The van der Waals surface area contributed by atoms with E-state index in [9.17, 15) is 9.90 Å². The third-order valence-electron chi connectivity index (χ3n) is 5.76. The molecule has 1 aromatic heterocycles. The molecule has 0 spiro atoms. The van der Waals surface area contributed by atoms with E-state index in [1.807, 2.05) is 54.6 Å². The van der Waals surface area contributed by atoms with E-state index in [1.165, 1.54) is 0 Å². The molecule has 1 heterocycles. The number of rotatable bonds is 10. The summed E-state index contributed by atoms with van der Waals surface area (Å²) in [5.41, 5.74) is 5.54. The van der Waals surface area contributed by atoms with E-state index < -0.39 is 5.97 Å². The molecule has 2 aromatic carbocycles. The molecule has 0 aliphatic heterocycles. The van der Waals surface area contributed by atoms with Crippen LogP contribution in [0.5, 0.6) is 0 Å². The number of hydrogen-bond donors (Lipinski definition) is 1. The van der Waals surface area contributed by atoms with Gasteiger partial charge >= 0.3 is 5.97 Å². The Bertz CT molecular complexity index is 1200. The molecule has 1 aliphatic rings. The first kappa shape index (κ1) is 22.1. The van der Waals surface area contributed by atoms with Crippen LogP contribution in [0.25, 0.3) is 22.9 Å². The van der Waals surface area contributed by atoms with Gasteiger partial charge in [0.25, 0.3) is 0 Å². The summed E-state index contributed by atoms with van der Waals surface area (Å²) in [6.45, 7) is 4.11. The maximum Gasteiger partial charge on any atom is 0.335 e. The standard InChI is InChI=1S/C27H28N2O2S/c1-2-3-18-29(27-28-24-14-5-4-6-15-25(24)32-27)19-10-9-13-22-21-12-8-7-11-20(21)16-17-23(22)26(30)31/h4-5,7-8,11-12,14-17H,2-3,9-10,13,18-19H2,1H3,(H,30,31). The van der Waals surface area contributed by atoms with Crippen molar-refractivity contribution in [3.05, 3.63) is 76.0 Å². The predicted octanol–water partition coefficient (Wildman–Crippen LogP) is 6.82. The lowest BCUT2D eigenvalue weighted by atomic mass is 9.95. The van der Waals surface area contributed by atoms with Gasteiger partial charge in [-0.15, -0.1) is 5.73 Å². The van der Waals surface area contributed by atoms with Crippen LogP contribution in [0.2, 0.25) is 0 Å². The average Bonchev–Trinajstić information content (AvgIpc) is 3.08. The number of aryl methyl sites for hydroxylation is 1. The normalized spacial score (nSPS) is 12.2. The van der Waals surface area contributed by atoms with Crippen molar-refractivity contribution in [2.24, 2.45) is 0 Å². The van der Waals surface area contributed by atoms with E-state index in [0.29, 0.717) is 5.56 Å². The van der Waals surface area contributed by atoms with Gasteiger partial charge in [-0.25, -0.2) is 9.78 Å². The molecule has 0 bridgehead atoms. The predicted molar refractivity (Wildman–Crippen MR) is 135 cm³/mol. The lowest BCUT2D eigenvalue weighted by molar-refractivity contribution is 0.0696. The van der Waals surface area contributed by atoms with E-state index in [4.69, 9.17) is 4.98 Å². The average molecular weight is 445 g/mol. The Morgan fingerprint density at radius 3 is 2.81 bits per heavy atom. The molecular formula is C27H28N2O2S. The number of carbonyl (C=O) groups is 1. The third-order valence-corrected chi connectivity index (χ3v) is 6.84. The number of hydrogen-bond acceptors (Lipinski definition) is 4. The topological polar surface area (TPSA) is 53.4 Å². The molecule has 4 nitrogen and oxygen atoms in total. The summed E-state index contributed by atoms with van der Waals surface area (Å²) in [4.78, 5) is 20.2. The molecule has 3 aromatic rings. The second-order valence-corrected chi connectivity index (χ2v) is 9.01. The van der Waals surface area contributed by atoms with E-state index in [0.717, 1.165) is 77.2 Å². The molecule has 0 saturated carbocycles. The van der Waals surface area contributed by atoms with Crippen molar-refractivity contribution >= 4 is 45.4 Å². The van der Waals surface area contributed by atoms with Crippen molar-refractivity contribution in [3.63, 3.8) is 0 Å². The van der Waals surface area contributed by atoms with Gasteiger partial charge in [-0.05, 0) is 66.3 Å². The van der Waals surface area contributed by atoms with Gasteiger partial charge < -0.3 is 10.0 Å². The molecule has 0 radical (unpaired) electrons. The van der Waals surface area contributed by atoms with Crippen molar-refractivity contribution in [1.82, 2.24) is 4.98 Å². The first-order valence-corrected chi connectivity index (χ1v) is 12.1.